The first-order valence-electron chi connectivity index (χ1n) is 9.70. The smallest absolute Gasteiger partial charge is 0.306 e. The van der Waals surface area contributed by atoms with Crippen LogP contribution >= 0.6 is 11.6 Å². The molecule has 1 N–H and O–H groups in total. The summed E-state index contributed by atoms with van der Waals surface area (Å²) < 4.78 is 23.1. The van der Waals surface area contributed by atoms with Crippen molar-refractivity contribution in [3.8, 4) is 0 Å². The lowest BCUT2D eigenvalue weighted by atomic mass is 9.64. The molecule has 0 aromatic rings. The van der Waals surface area contributed by atoms with Crippen molar-refractivity contribution in [1.82, 2.24) is 0 Å². The number of hydrogen-bond donors (Lipinski definition) is 1. The third-order valence-electron chi connectivity index (χ3n) is 6.26. The minimum Gasteiger partial charge on any atom is -0.459 e. The molecule has 154 valence electrons. The summed E-state index contributed by atoms with van der Waals surface area (Å²) in [6.07, 6.45) is 3.45. The van der Waals surface area contributed by atoms with Crippen LogP contribution in [0.25, 0.3) is 0 Å². The van der Waals surface area contributed by atoms with Crippen LogP contribution in [0.4, 0.5) is 0 Å². The zero-order chi connectivity index (χ0) is 19.9. The fourth-order valence-electron chi connectivity index (χ4n) is 4.53. The van der Waals surface area contributed by atoms with Gasteiger partial charge in [0.1, 0.15) is 23.4 Å². The van der Waals surface area contributed by atoms with E-state index < -0.39 is 29.0 Å². The van der Waals surface area contributed by atoms with Crippen molar-refractivity contribution in [2.75, 3.05) is 19.6 Å². The monoisotopic (exact) mass is 402 g/mol. The zero-order valence-electron chi connectivity index (χ0n) is 16.6. The molecule has 7 heteroatoms. The number of ether oxygens (including phenoxy) is 4. The molecule has 0 aromatic carbocycles. The van der Waals surface area contributed by atoms with Gasteiger partial charge in [-0.2, -0.15) is 0 Å². The number of halogens is 1. The van der Waals surface area contributed by atoms with Gasteiger partial charge in [-0.05, 0) is 46.5 Å². The quantitative estimate of drug-likeness (QED) is 0.291. The molecule has 0 amide bonds. The van der Waals surface area contributed by atoms with Crippen molar-refractivity contribution in [3.63, 3.8) is 0 Å². The molecule has 1 aliphatic carbocycles. The lowest BCUT2D eigenvalue weighted by Gasteiger charge is -2.49. The highest BCUT2D eigenvalue weighted by atomic mass is 35.5. The second-order valence-corrected chi connectivity index (χ2v) is 8.67. The lowest BCUT2D eigenvalue weighted by molar-refractivity contribution is -0.231. The molecule has 2 aliphatic heterocycles. The van der Waals surface area contributed by atoms with Crippen LogP contribution in [0.2, 0.25) is 0 Å². The standard InChI is InChI=1S/C20H31ClO6/c1-13(2)7-8-15-18(3,27-15)20(23)17(24-4)14(9-10-19(20)12-25-19)26-16(22)6-5-11-21/h7,14-15,17,23H,5-6,8-12H2,1-4H3/t14-,15-,17-,18+,19+,20+/m1/s1. The van der Waals surface area contributed by atoms with Crippen LogP contribution in [-0.2, 0) is 23.7 Å². The Labute approximate surface area is 166 Å². The van der Waals surface area contributed by atoms with E-state index >= 15 is 0 Å². The largest absolute Gasteiger partial charge is 0.459 e. The number of rotatable bonds is 8. The van der Waals surface area contributed by atoms with Crippen molar-refractivity contribution in [1.29, 1.82) is 0 Å². The van der Waals surface area contributed by atoms with Gasteiger partial charge in [0, 0.05) is 19.4 Å². The lowest BCUT2D eigenvalue weighted by Crippen LogP contribution is -2.70. The number of alkyl halides is 1. The van der Waals surface area contributed by atoms with E-state index in [0.29, 0.717) is 38.2 Å². The van der Waals surface area contributed by atoms with Gasteiger partial charge in [0.25, 0.3) is 0 Å². The van der Waals surface area contributed by atoms with Crippen molar-refractivity contribution in [2.45, 2.75) is 88.0 Å². The average molecular weight is 403 g/mol. The fourth-order valence-corrected chi connectivity index (χ4v) is 4.66. The van der Waals surface area contributed by atoms with Crippen molar-refractivity contribution in [2.24, 2.45) is 0 Å². The van der Waals surface area contributed by atoms with Crippen LogP contribution < -0.4 is 0 Å². The predicted molar refractivity (Wildman–Crippen MR) is 101 cm³/mol. The Hall–Kier alpha value is -0.660. The summed E-state index contributed by atoms with van der Waals surface area (Å²) >= 11 is 5.66. The maximum atomic E-state index is 12.1. The summed E-state index contributed by atoms with van der Waals surface area (Å²) in [6.45, 7) is 6.44. The van der Waals surface area contributed by atoms with E-state index in [1.807, 2.05) is 20.8 Å². The van der Waals surface area contributed by atoms with Crippen LogP contribution in [0.15, 0.2) is 11.6 Å². The van der Waals surface area contributed by atoms with Gasteiger partial charge in [0.2, 0.25) is 0 Å². The van der Waals surface area contributed by atoms with E-state index in [2.05, 4.69) is 6.08 Å². The van der Waals surface area contributed by atoms with Gasteiger partial charge in [0.15, 0.2) is 5.60 Å². The number of hydrogen-bond acceptors (Lipinski definition) is 6. The summed E-state index contributed by atoms with van der Waals surface area (Å²) in [5, 5.41) is 11.9. The highest BCUT2D eigenvalue weighted by Gasteiger charge is 2.81. The second-order valence-electron chi connectivity index (χ2n) is 8.30. The summed E-state index contributed by atoms with van der Waals surface area (Å²) in [7, 11) is 1.54. The SMILES string of the molecule is CO[C@@H]1[C@H](OC(=O)CCCCl)CC[C@]2(CO2)[C@@]1(O)[C@@]1(C)O[C@@H]1CC=C(C)C. The van der Waals surface area contributed by atoms with Crippen molar-refractivity contribution in [3.05, 3.63) is 11.6 Å². The molecule has 3 rings (SSSR count). The maximum absolute atomic E-state index is 12.1. The van der Waals surface area contributed by atoms with Gasteiger partial charge in [-0.15, -0.1) is 11.6 Å². The fraction of sp³-hybridized carbons (Fsp3) is 0.850. The molecule has 2 heterocycles. The Bertz CT molecular complexity index is 599. The van der Waals surface area contributed by atoms with Gasteiger partial charge < -0.3 is 24.1 Å². The number of allylic oxidation sites excluding steroid dienone is 1. The van der Waals surface area contributed by atoms with Crippen molar-refractivity contribution >= 4 is 17.6 Å². The molecule has 2 saturated heterocycles. The third kappa shape index (κ3) is 3.55. The van der Waals surface area contributed by atoms with Crippen LogP contribution in [0.1, 0.15) is 52.9 Å². The topological polar surface area (TPSA) is 80.8 Å². The average Bonchev–Trinajstić information content (AvgIpc) is 3.52. The number of aliphatic hydroxyl groups is 1. The molecule has 1 saturated carbocycles. The van der Waals surface area contributed by atoms with Crippen LogP contribution in [0, 0.1) is 0 Å². The Balaban J connectivity index is 1.80. The highest BCUT2D eigenvalue weighted by molar-refractivity contribution is 6.17. The van der Waals surface area contributed by atoms with Gasteiger partial charge >= 0.3 is 5.97 Å². The first kappa shape index (κ1) is 21.1. The van der Waals surface area contributed by atoms with Crippen LogP contribution in [0.5, 0.6) is 0 Å². The predicted octanol–water partition coefficient (Wildman–Crippen LogP) is 2.74. The number of esters is 1. The van der Waals surface area contributed by atoms with Gasteiger partial charge in [-0.3, -0.25) is 4.79 Å². The minimum absolute atomic E-state index is 0.123. The first-order chi connectivity index (χ1) is 12.7. The Kier molecular flexibility index (Phi) is 5.96. The number of methoxy groups -OCH3 is 1. The highest BCUT2D eigenvalue weighted by Crippen LogP contribution is 2.62. The number of carbonyl (C=O) groups is 1. The molecular weight excluding hydrogens is 372 g/mol. The Morgan fingerprint density at radius 2 is 2.11 bits per heavy atom. The maximum Gasteiger partial charge on any atom is 0.306 e. The van der Waals surface area contributed by atoms with Gasteiger partial charge in [-0.1, -0.05) is 11.6 Å². The summed E-state index contributed by atoms with van der Waals surface area (Å²) in [5.74, 6) is 0.0902. The number of carbonyl (C=O) groups excluding carboxylic acids is 1. The Morgan fingerprint density at radius 3 is 2.67 bits per heavy atom. The minimum atomic E-state index is -1.38. The zero-order valence-corrected chi connectivity index (χ0v) is 17.4. The molecule has 6 atom stereocenters. The molecular formula is C20H31ClO6. The molecule has 0 bridgehead atoms. The summed E-state index contributed by atoms with van der Waals surface area (Å²) in [4.78, 5) is 12.1. The molecule has 3 aliphatic rings. The van der Waals surface area contributed by atoms with Gasteiger partial charge in [0.05, 0.1) is 12.7 Å². The van der Waals surface area contributed by atoms with E-state index in [0.717, 1.165) is 0 Å². The van der Waals surface area contributed by atoms with E-state index in [4.69, 9.17) is 30.5 Å². The summed E-state index contributed by atoms with van der Waals surface area (Å²) in [6, 6.07) is 0. The normalized spacial score (nSPS) is 42.7. The molecule has 1 spiro atoms. The molecule has 0 radical (unpaired) electrons. The van der Waals surface area contributed by atoms with Crippen molar-refractivity contribution < 1.29 is 28.8 Å². The van der Waals surface area contributed by atoms with Crippen LogP contribution in [-0.4, -0.2) is 65.8 Å². The molecule has 3 fully saturated rings. The molecule has 27 heavy (non-hydrogen) atoms. The molecule has 0 aromatic heterocycles. The van der Waals surface area contributed by atoms with E-state index in [-0.39, 0.29) is 18.5 Å². The van der Waals surface area contributed by atoms with E-state index in [1.54, 1.807) is 0 Å². The summed E-state index contributed by atoms with van der Waals surface area (Å²) in [5.41, 5.74) is -1.68. The van der Waals surface area contributed by atoms with Gasteiger partial charge in [-0.25, -0.2) is 0 Å². The first-order valence-corrected chi connectivity index (χ1v) is 10.2. The van der Waals surface area contributed by atoms with E-state index in [1.165, 1.54) is 12.7 Å². The molecule has 0 unspecified atom stereocenters. The Morgan fingerprint density at radius 1 is 1.41 bits per heavy atom. The second kappa shape index (κ2) is 7.64. The molecule has 6 nitrogen and oxygen atoms in total. The number of epoxide rings is 2. The van der Waals surface area contributed by atoms with Crippen LogP contribution in [0.3, 0.4) is 0 Å². The third-order valence-corrected chi connectivity index (χ3v) is 6.53. The van der Waals surface area contributed by atoms with E-state index in [9.17, 15) is 9.90 Å².